The van der Waals surface area contributed by atoms with E-state index in [0.29, 0.717) is 18.8 Å². The molecule has 1 aliphatic heterocycles. The van der Waals surface area contributed by atoms with Crippen molar-refractivity contribution < 1.29 is 9.90 Å². The zero-order valence-electron chi connectivity index (χ0n) is 11.1. The third kappa shape index (κ3) is 3.58. The molecule has 0 saturated carbocycles. The molecule has 1 aromatic rings. The number of hydrogen-bond acceptors (Lipinski definition) is 3. The van der Waals surface area contributed by atoms with Crippen LogP contribution in [0.3, 0.4) is 0 Å². The van der Waals surface area contributed by atoms with E-state index in [1.807, 2.05) is 19.1 Å². The van der Waals surface area contributed by atoms with Crippen molar-refractivity contribution in [3.05, 3.63) is 35.9 Å². The Bertz CT molecular complexity index is 468. The number of nitrogens with zero attached hydrogens (tertiary/aromatic N) is 1. The Morgan fingerprint density at radius 3 is 2.74 bits per heavy atom. The standard InChI is InChI=1S/C15H20N2O2/c1-11-8-9-17(10-14(11)18)15(19)7-4-12-2-5-13(16)6-3-12/h2-7,11,14,18H,8-10,16H2,1H3/b7-4+. The SMILES string of the molecule is CC1CCN(C(=O)/C=C/c2ccc(N)cc2)CC1O. The highest BCUT2D eigenvalue weighted by atomic mass is 16.3. The van der Waals surface area contributed by atoms with Gasteiger partial charge in [0.2, 0.25) is 5.91 Å². The van der Waals surface area contributed by atoms with Crippen molar-refractivity contribution in [2.75, 3.05) is 18.8 Å². The van der Waals surface area contributed by atoms with Crippen molar-refractivity contribution in [1.29, 1.82) is 0 Å². The summed E-state index contributed by atoms with van der Waals surface area (Å²) in [5, 5.41) is 9.78. The Labute approximate surface area is 113 Å². The molecule has 1 aliphatic rings. The van der Waals surface area contributed by atoms with Crippen LogP contribution in [0, 0.1) is 5.92 Å². The molecule has 1 aromatic carbocycles. The van der Waals surface area contributed by atoms with E-state index in [2.05, 4.69) is 0 Å². The minimum atomic E-state index is -0.414. The second-order valence-electron chi connectivity index (χ2n) is 5.12. The summed E-state index contributed by atoms with van der Waals surface area (Å²) >= 11 is 0. The monoisotopic (exact) mass is 260 g/mol. The van der Waals surface area contributed by atoms with Gasteiger partial charge in [0.15, 0.2) is 0 Å². The Morgan fingerprint density at radius 1 is 1.42 bits per heavy atom. The smallest absolute Gasteiger partial charge is 0.246 e. The van der Waals surface area contributed by atoms with Gasteiger partial charge in [-0.3, -0.25) is 4.79 Å². The van der Waals surface area contributed by atoms with Crippen LogP contribution in [0.15, 0.2) is 30.3 Å². The molecular formula is C15H20N2O2. The first-order valence-electron chi connectivity index (χ1n) is 6.57. The van der Waals surface area contributed by atoms with Crippen molar-refractivity contribution in [2.45, 2.75) is 19.4 Å². The summed E-state index contributed by atoms with van der Waals surface area (Å²) in [6.45, 7) is 3.14. The number of anilines is 1. The topological polar surface area (TPSA) is 66.6 Å². The summed E-state index contributed by atoms with van der Waals surface area (Å²) < 4.78 is 0. The maximum atomic E-state index is 12.0. The Kier molecular flexibility index (Phi) is 4.22. The summed E-state index contributed by atoms with van der Waals surface area (Å²) in [6, 6.07) is 7.34. The number of hydrogen-bond donors (Lipinski definition) is 2. The predicted octanol–water partition coefficient (Wildman–Crippen LogP) is 1.51. The van der Waals surface area contributed by atoms with E-state index in [4.69, 9.17) is 5.73 Å². The lowest BCUT2D eigenvalue weighted by Crippen LogP contribution is -2.45. The van der Waals surface area contributed by atoms with Crippen LogP contribution in [-0.4, -0.2) is 35.1 Å². The number of rotatable bonds is 2. The van der Waals surface area contributed by atoms with E-state index in [1.54, 1.807) is 29.2 Å². The maximum absolute atomic E-state index is 12.0. The first kappa shape index (κ1) is 13.6. The number of piperidine rings is 1. The number of aliphatic hydroxyl groups excluding tert-OH is 1. The molecule has 1 saturated heterocycles. The molecule has 4 nitrogen and oxygen atoms in total. The normalized spacial score (nSPS) is 23.8. The molecule has 0 radical (unpaired) electrons. The fourth-order valence-corrected chi connectivity index (χ4v) is 2.13. The van der Waals surface area contributed by atoms with Crippen LogP contribution < -0.4 is 5.73 Å². The number of nitrogens with two attached hydrogens (primary N) is 1. The van der Waals surface area contributed by atoms with Crippen molar-refractivity contribution in [2.24, 2.45) is 5.92 Å². The van der Waals surface area contributed by atoms with Gasteiger partial charge in [-0.15, -0.1) is 0 Å². The van der Waals surface area contributed by atoms with Gasteiger partial charge in [-0.05, 0) is 36.1 Å². The Balaban J connectivity index is 1.95. The van der Waals surface area contributed by atoms with Gasteiger partial charge in [0.25, 0.3) is 0 Å². The van der Waals surface area contributed by atoms with E-state index in [9.17, 15) is 9.90 Å². The number of β-amino-alcohol motifs (C(OH)–C–C–N with tert-alkyl or cyclic N) is 1. The molecule has 2 unspecified atom stereocenters. The average Bonchev–Trinajstić information content (AvgIpc) is 2.41. The molecule has 3 N–H and O–H groups in total. The Hall–Kier alpha value is -1.81. The number of carbonyl (C=O) groups excluding carboxylic acids is 1. The van der Waals surface area contributed by atoms with Crippen LogP contribution in [0.1, 0.15) is 18.9 Å². The lowest BCUT2D eigenvalue weighted by Gasteiger charge is -2.33. The van der Waals surface area contributed by atoms with Crippen LogP contribution in [0.25, 0.3) is 6.08 Å². The van der Waals surface area contributed by atoms with Crippen molar-refractivity contribution >= 4 is 17.7 Å². The van der Waals surface area contributed by atoms with E-state index in [0.717, 1.165) is 12.0 Å². The van der Waals surface area contributed by atoms with Crippen molar-refractivity contribution in [3.63, 3.8) is 0 Å². The van der Waals surface area contributed by atoms with Gasteiger partial charge in [0, 0.05) is 24.9 Å². The van der Waals surface area contributed by atoms with Crippen LogP contribution >= 0.6 is 0 Å². The molecular weight excluding hydrogens is 240 g/mol. The first-order chi connectivity index (χ1) is 9.06. The third-order valence-electron chi connectivity index (χ3n) is 3.59. The zero-order chi connectivity index (χ0) is 13.8. The second-order valence-corrected chi connectivity index (χ2v) is 5.12. The lowest BCUT2D eigenvalue weighted by atomic mass is 9.96. The number of carbonyl (C=O) groups is 1. The van der Waals surface area contributed by atoms with E-state index < -0.39 is 6.10 Å². The molecule has 4 heteroatoms. The maximum Gasteiger partial charge on any atom is 0.246 e. The number of benzene rings is 1. The van der Waals surface area contributed by atoms with Crippen LogP contribution in [0.4, 0.5) is 5.69 Å². The molecule has 2 atom stereocenters. The quantitative estimate of drug-likeness (QED) is 0.625. The summed E-state index contributed by atoms with van der Waals surface area (Å²) in [5.41, 5.74) is 7.24. The summed E-state index contributed by atoms with van der Waals surface area (Å²) in [4.78, 5) is 13.7. The van der Waals surface area contributed by atoms with E-state index in [1.165, 1.54) is 0 Å². The van der Waals surface area contributed by atoms with Gasteiger partial charge in [-0.1, -0.05) is 19.1 Å². The van der Waals surface area contributed by atoms with Crippen molar-refractivity contribution in [3.8, 4) is 0 Å². The number of likely N-dealkylation sites (tertiary alicyclic amines) is 1. The van der Waals surface area contributed by atoms with Gasteiger partial charge in [0.1, 0.15) is 0 Å². The summed E-state index contributed by atoms with van der Waals surface area (Å²) in [6.07, 6.45) is 3.76. The molecule has 0 aliphatic carbocycles. The molecule has 1 heterocycles. The van der Waals surface area contributed by atoms with Gasteiger partial charge >= 0.3 is 0 Å². The highest BCUT2D eigenvalue weighted by Gasteiger charge is 2.25. The van der Waals surface area contributed by atoms with Crippen LogP contribution in [0.5, 0.6) is 0 Å². The number of amides is 1. The average molecular weight is 260 g/mol. The highest BCUT2D eigenvalue weighted by molar-refractivity contribution is 5.91. The summed E-state index contributed by atoms with van der Waals surface area (Å²) in [5.74, 6) is 0.216. The molecule has 0 spiro atoms. The highest BCUT2D eigenvalue weighted by Crippen LogP contribution is 2.17. The molecule has 102 valence electrons. The summed E-state index contributed by atoms with van der Waals surface area (Å²) in [7, 11) is 0. The fraction of sp³-hybridized carbons (Fsp3) is 0.400. The van der Waals surface area contributed by atoms with Crippen molar-refractivity contribution in [1.82, 2.24) is 4.90 Å². The van der Waals surface area contributed by atoms with E-state index in [-0.39, 0.29) is 11.8 Å². The van der Waals surface area contributed by atoms with Gasteiger partial charge in [-0.25, -0.2) is 0 Å². The predicted molar refractivity (Wildman–Crippen MR) is 76.3 cm³/mol. The Morgan fingerprint density at radius 2 is 2.11 bits per heavy atom. The molecule has 2 rings (SSSR count). The molecule has 1 amide bonds. The largest absolute Gasteiger partial charge is 0.399 e. The molecule has 0 bridgehead atoms. The first-order valence-corrected chi connectivity index (χ1v) is 6.57. The zero-order valence-corrected chi connectivity index (χ0v) is 11.1. The minimum Gasteiger partial charge on any atom is -0.399 e. The van der Waals surface area contributed by atoms with Crippen LogP contribution in [0.2, 0.25) is 0 Å². The lowest BCUT2D eigenvalue weighted by molar-refractivity contribution is -0.130. The number of nitrogen functional groups attached to an aromatic ring is 1. The fourth-order valence-electron chi connectivity index (χ4n) is 2.13. The van der Waals surface area contributed by atoms with Gasteiger partial charge in [-0.2, -0.15) is 0 Å². The second kappa shape index (κ2) is 5.89. The molecule has 1 fully saturated rings. The molecule has 0 aromatic heterocycles. The number of aliphatic hydroxyl groups is 1. The molecule has 19 heavy (non-hydrogen) atoms. The van der Waals surface area contributed by atoms with Crippen LogP contribution in [-0.2, 0) is 4.79 Å². The van der Waals surface area contributed by atoms with E-state index >= 15 is 0 Å². The minimum absolute atomic E-state index is 0.0530. The van der Waals surface area contributed by atoms with Gasteiger partial charge < -0.3 is 15.7 Å². The van der Waals surface area contributed by atoms with Gasteiger partial charge in [0.05, 0.1) is 6.10 Å². The third-order valence-corrected chi connectivity index (χ3v) is 3.59.